The summed E-state index contributed by atoms with van der Waals surface area (Å²) in [6, 6.07) is 0. The molecule has 0 aromatic rings. The van der Waals surface area contributed by atoms with Gasteiger partial charge in [-0.1, -0.05) is 39.3 Å². The van der Waals surface area contributed by atoms with Crippen LogP contribution >= 0.6 is 0 Å². The van der Waals surface area contributed by atoms with Crippen molar-refractivity contribution in [3.8, 4) is 0 Å². The summed E-state index contributed by atoms with van der Waals surface area (Å²) in [6.45, 7) is 14.6. The molecule has 0 fully saturated rings. The van der Waals surface area contributed by atoms with Crippen molar-refractivity contribution in [3.63, 3.8) is 0 Å². The van der Waals surface area contributed by atoms with Gasteiger partial charge in [0.05, 0.1) is 0 Å². The fraction of sp³-hybridized carbons (Fsp3) is 0.857. The van der Waals surface area contributed by atoms with Crippen molar-refractivity contribution >= 4 is 26.4 Å². The molecule has 0 amide bonds. The zero-order valence-corrected chi connectivity index (χ0v) is 13.0. The minimum atomic E-state index is -0.0648. The van der Waals surface area contributed by atoms with Gasteiger partial charge < -0.3 is 4.79 Å². The summed E-state index contributed by atoms with van der Waals surface area (Å²) in [5.74, 6) is 0. The number of hydrogen-bond acceptors (Lipinski definition) is 0. The Morgan fingerprint density at radius 1 is 0.636 bits per heavy atom. The molecule has 0 heterocycles. The Morgan fingerprint density at radius 2 is 0.818 bits per heavy atom. The van der Waals surface area contributed by atoms with Crippen LogP contribution in [-0.2, 0) is 0 Å². The van der Waals surface area contributed by atoms with Crippen molar-refractivity contribution in [1.82, 2.24) is 0 Å². The van der Waals surface area contributed by atoms with Gasteiger partial charge in [-0.2, -0.15) is 0 Å². The Balaban J connectivity index is 0. The second-order valence-electron chi connectivity index (χ2n) is 3.38. The maximum atomic E-state index is 2.44. The summed E-state index contributed by atoms with van der Waals surface area (Å²) < 4.78 is 0. The molecule has 0 aliphatic heterocycles. The average Bonchev–Trinajstić information content (AvgIpc) is 1.59. The summed E-state index contributed by atoms with van der Waals surface area (Å²) >= 11 is 0. The summed E-state index contributed by atoms with van der Waals surface area (Å²) in [5, 5.41) is 0. The molecule has 0 atom stereocenters. The molecule has 0 spiro atoms. The van der Waals surface area contributed by atoms with Crippen LogP contribution in [0.2, 0.25) is 39.3 Å². The molecule has 0 aliphatic carbocycles. The van der Waals surface area contributed by atoms with Crippen molar-refractivity contribution in [2.24, 2.45) is 0 Å². The minimum absolute atomic E-state index is 0. The van der Waals surface area contributed by atoms with Crippen LogP contribution < -0.4 is 0 Å². The second kappa shape index (κ2) is 7.56. The first-order chi connectivity index (χ1) is 4.46. The molecule has 0 rings (SSSR count). The van der Waals surface area contributed by atoms with Gasteiger partial charge in [-0.3, -0.25) is 0 Å². The van der Waals surface area contributed by atoms with Gasteiger partial charge in [-0.05, 0) is 0 Å². The number of hydrogen-bond donors (Lipinski definition) is 0. The fourth-order valence-corrected chi connectivity index (χ4v) is 13.5. The Labute approximate surface area is 116 Å². The van der Waals surface area contributed by atoms with Crippen LogP contribution in [0.4, 0.5) is 0 Å². The molecule has 0 saturated heterocycles. The fourth-order valence-electron chi connectivity index (χ4n) is 1.50. The van der Waals surface area contributed by atoms with E-state index in [1.165, 1.54) is 0 Å². The van der Waals surface area contributed by atoms with Gasteiger partial charge in [0.1, 0.15) is 0 Å². The summed E-state index contributed by atoms with van der Waals surface area (Å²) in [4.78, 5) is 2.00. The molecule has 0 N–H and O–H groups in total. The molecule has 73 valence electrons. The second-order valence-corrected chi connectivity index (χ2v) is 12.4. The molecule has 0 aliphatic rings. The Bertz CT molecular complexity index is 74.7. The summed E-state index contributed by atoms with van der Waals surface area (Å²) in [6.07, 6.45) is 0. The van der Waals surface area contributed by atoms with Crippen LogP contribution in [0.3, 0.4) is 0 Å². The van der Waals surface area contributed by atoms with E-state index >= 15 is 0 Å². The zero-order valence-electron chi connectivity index (χ0n) is 8.27. The Kier molecular flexibility index (Phi) is 10.7. The Morgan fingerprint density at radius 3 is 0.818 bits per heavy atom. The van der Waals surface area contributed by atoms with E-state index < -0.39 is 0 Å². The van der Waals surface area contributed by atoms with Gasteiger partial charge in [0.2, 0.25) is 0 Å². The van der Waals surface area contributed by atoms with Crippen molar-refractivity contribution in [3.05, 3.63) is 4.79 Å². The van der Waals surface area contributed by atoms with E-state index in [2.05, 4.69) is 39.3 Å². The standard InChI is InChI=1S/C7H18Si3.Yb/c1-8(2)7(9(3)4)10(5)6;/h1-6H3;/q-1;. The molecule has 3 radical (unpaired) electrons. The largest absolute Gasteiger partial charge is 0.322 e. The number of rotatable bonds is 3. The molecular weight excluding hydrogens is 341 g/mol. The summed E-state index contributed by atoms with van der Waals surface area (Å²) in [5.41, 5.74) is 0. The molecule has 4 heteroatoms. The third-order valence-electron chi connectivity index (χ3n) is 1.50. The SMILES string of the molecule is C[Si](C)[C-]([Si](C)C)[Si](C)C.[Yb]. The Hall–Kier alpha value is 2.17. The van der Waals surface area contributed by atoms with E-state index in [1.807, 2.05) is 4.79 Å². The van der Waals surface area contributed by atoms with E-state index in [0.29, 0.717) is 0 Å². The van der Waals surface area contributed by atoms with Crippen molar-refractivity contribution < 1.29 is 46.9 Å². The average molecular weight is 360 g/mol. The first kappa shape index (κ1) is 15.6. The van der Waals surface area contributed by atoms with Gasteiger partial charge >= 0.3 is 0 Å². The third kappa shape index (κ3) is 6.27. The van der Waals surface area contributed by atoms with Crippen molar-refractivity contribution in [2.45, 2.75) is 39.3 Å². The van der Waals surface area contributed by atoms with E-state index in [1.54, 1.807) is 0 Å². The van der Waals surface area contributed by atoms with E-state index in [0.717, 1.165) is 0 Å². The van der Waals surface area contributed by atoms with E-state index in [-0.39, 0.29) is 73.3 Å². The van der Waals surface area contributed by atoms with Gasteiger partial charge in [0.25, 0.3) is 0 Å². The predicted octanol–water partition coefficient (Wildman–Crippen LogP) is 2.44. The van der Waals surface area contributed by atoms with Gasteiger partial charge in [0, 0.05) is 46.9 Å². The van der Waals surface area contributed by atoms with Gasteiger partial charge in [0.15, 0.2) is 0 Å². The zero-order chi connectivity index (χ0) is 8.31. The van der Waals surface area contributed by atoms with Crippen LogP contribution in [0.15, 0.2) is 0 Å². The topological polar surface area (TPSA) is 0 Å². The van der Waals surface area contributed by atoms with E-state index in [9.17, 15) is 0 Å². The van der Waals surface area contributed by atoms with Gasteiger partial charge in [-0.25, -0.2) is 0 Å². The first-order valence-electron chi connectivity index (χ1n) is 3.75. The normalized spacial score (nSPS) is 11.5. The van der Waals surface area contributed by atoms with Gasteiger partial charge in [-0.15, -0.1) is 26.4 Å². The van der Waals surface area contributed by atoms with Crippen LogP contribution in [0.5, 0.6) is 0 Å². The molecule has 0 nitrogen and oxygen atoms in total. The first-order valence-corrected chi connectivity index (χ1v) is 11.2. The third-order valence-corrected chi connectivity index (χ3v) is 13.5. The molecular formula is C7H18Si3Yb-. The van der Waals surface area contributed by atoms with E-state index in [4.69, 9.17) is 0 Å². The molecule has 0 bridgehead atoms. The maximum Gasteiger partial charge on any atom is 0 e. The maximum absolute atomic E-state index is 2.44. The quantitative estimate of drug-likeness (QED) is 0.536. The van der Waals surface area contributed by atoms with Crippen LogP contribution in [0.1, 0.15) is 0 Å². The molecule has 0 saturated carbocycles. The molecule has 0 unspecified atom stereocenters. The predicted molar refractivity (Wildman–Crippen MR) is 55.7 cm³/mol. The monoisotopic (exact) mass is 360 g/mol. The van der Waals surface area contributed by atoms with Crippen molar-refractivity contribution in [1.29, 1.82) is 0 Å². The molecule has 0 aromatic heterocycles. The molecule has 0 aromatic carbocycles. The van der Waals surface area contributed by atoms with Crippen LogP contribution in [-0.4, -0.2) is 26.4 Å². The smallest absolute Gasteiger partial charge is 0 e. The molecule has 11 heavy (non-hydrogen) atoms. The van der Waals surface area contributed by atoms with Crippen molar-refractivity contribution in [2.75, 3.05) is 0 Å². The summed E-state index contributed by atoms with van der Waals surface area (Å²) in [7, 11) is -0.194. The van der Waals surface area contributed by atoms with Crippen LogP contribution in [0.25, 0.3) is 0 Å². The van der Waals surface area contributed by atoms with Crippen LogP contribution in [0, 0.1) is 51.7 Å². The minimum Gasteiger partial charge on any atom is -0.322 e.